The predicted molar refractivity (Wildman–Crippen MR) is 144 cm³/mol. The molecule has 0 saturated heterocycles. The monoisotopic (exact) mass is 541 g/mol. The Labute approximate surface area is 220 Å². The highest BCUT2D eigenvalue weighted by Gasteiger charge is 2.41. The fourth-order valence-corrected chi connectivity index (χ4v) is 9.19. The fraction of sp³-hybridized carbons (Fsp3) is 0.333. The lowest BCUT2D eigenvalue weighted by Gasteiger charge is -2.25. The Morgan fingerprint density at radius 3 is 2.59 bits per heavy atom. The van der Waals surface area contributed by atoms with Gasteiger partial charge >= 0.3 is 0 Å². The van der Waals surface area contributed by atoms with Gasteiger partial charge in [0.2, 0.25) is 0 Å². The van der Waals surface area contributed by atoms with Crippen molar-refractivity contribution in [2.45, 2.75) is 45.5 Å². The number of aromatic nitrogens is 1. The van der Waals surface area contributed by atoms with E-state index in [-0.39, 0.29) is 46.9 Å². The number of aromatic hydroxyl groups is 1. The topological polar surface area (TPSA) is 90.8 Å². The number of rotatable bonds is 6. The Morgan fingerprint density at radius 1 is 1.24 bits per heavy atom. The number of phenolic OH excluding ortho intramolecular Hbond substituents is 1. The Hall–Kier alpha value is -3.11. The smallest absolute Gasteiger partial charge is 0.270 e. The second kappa shape index (κ2) is 9.33. The van der Waals surface area contributed by atoms with Crippen molar-refractivity contribution in [3.63, 3.8) is 0 Å². The van der Waals surface area contributed by atoms with Gasteiger partial charge in [-0.3, -0.25) is 14.1 Å². The summed E-state index contributed by atoms with van der Waals surface area (Å²) in [4.78, 5) is 19.3. The van der Waals surface area contributed by atoms with Crippen molar-refractivity contribution in [3.05, 3.63) is 74.9 Å². The molecule has 10 heteroatoms. The molecule has 0 spiro atoms. The lowest BCUT2D eigenvalue weighted by atomic mass is 9.96. The first-order valence-corrected chi connectivity index (χ1v) is 14.4. The molecule has 2 unspecified atom stereocenters. The molecular weight excluding hydrogens is 513 g/mol. The molecule has 2 aliphatic heterocycles. The molecule has 1 amide bonds. The summed E-state index contributed by atoms with van der Waals surface area (Å²) >= 11 is 1.36. The Kier molecular flexibility index (Phi) is 6.44. The average Bonchev–Trinajstić information content (AvgIpc) is 3.35. The fourth-order valence-electron chi connectivity index (χ4n) is 5.42. The number of phenols is 1. The number of carbonyl (C=O) groups is 1. The third-order valence-corrected chi connectivity index (χ3v) is 11.2. The van der Waals surface area contributed by atoms with Crippen LogP contribution in [0, 0.1) is 11.7 Å². The van der Waals surface area contributed by atoms with Gasteiger partial charge in [0.15, 0.2) is 5.75 Å². The van der Waals surface area contributed by atoms with E-state index in [1.54, 1.807) is 24.3 Å². The van der Waals surface area contributed by atoms with Crippen LogP contribution in [0.15, 0.2) is 52.4 Å². The van der Waals surface area contributed by atoms with Crippen LogP contribution in [0.3, 0.4) is 0 Å². The number of benzene rings is 2. The molecule has 7 nitrogen and oxygen atoms in total. The van der Waals surface area contributed by atoms with Gasteiger partial charge in [0.25, 0.3) is 15.9 Å². The Bertz CT molecular complexity index is 1550. The van der Waals surface area contributed by atoms with Crippen LogP contribution in [0.5, 0.6) is 5.75 Å². The van der Waals surface area contributed by atoms with Crippen molar-refractivity contribution in [3.8, 4) is 5.75 Å². The van der Waals surface area contributed by atoms with Crippen LogP contribution in [0.4, 0.5) is 10.1 Å². The van der Waals surface area contributed by atoms with Crippen LogP contribution in [-0.2, 0) is 23.1 Å². The molecule has 1 N–H and O–H groups in total. The molecule has 0 bridgehead atoms. The number of fused-ring (bicyclic) bond motifs is 2. The van der Waals surface area contributed by atoms with E-state index in [1.807, 2.05) is 13.8 Å². The molecule has 1 aromatic heterocycles. The Balaban J connectivity index is 1.64. The van der Waals surface area contributed by atoms with E-state index in [9.17, 15) is 22.7 Å². The van der Waals surface area contributed by atoms with Gasteiger partial charge in [-0.2, -0.15) is 0 Å². The molecule has 3 heterocycles. The normalized spacial score (nSPS) is 19.7. The SMILES string of the molecule is CCC1C(C)=C(S(=O)(=O)N(C)c2c3c(c(O)c4ncccc24)C(=O)N(Cc2ccc(F)cc2)C3)SC1C. The highest BCUT2D eigenvalue weighted by atomic mass is 32.3. The molecule has 3 aromatic rings. The van der Waals surface area contributed by atoms with Crippen molar-refractivity contribution in [1.82, 2.24) is 9.88 Å². The first kappa shape index (κ1) is 25.5. The van der Waals surface area contributed by atoms with Crippen molar-refractivity contribution < 1.29 is 22.7 Å². The van der Waals surface area contributed by atoms with Crippen LogP contribution in [-0.4, -0.2) is 41.6 Å². The van der Waals surface area contributed by atoms with Crippen molar-refractivity contribution >= 4 is 44.3 Å². The second-order valence-corrected chi connectivity index (χ2v) is 13.1. The molecule has 0 aliphatic carbocycles. The maximum absolute atomic E-state index is 14.0. The molecule has 0 saturated carbocycles. The van der Waals surface area contributed by atoms with Crippen molar-refractivity contribution in [1.29, 1.82) is 0 Å². The number of sulfonamides is 1. The van der Waals surface area contributed by atoms with E-state index >= 15 is 0 Å². The largest absolute Gasteiger partial charge is 0.505 e. The first-order valence-electron chi connectivity index (χ1n) is 12.1. The number of carbonyl (C=O) groups excluding carboxylic acids is 1. The number of nitrogens with zero attached hydrogens (tertiary/aromatic N) is 3. The van der Waals surface area contributed by atoms with Crippen molar-refractivity contribution in [2.75, 3.05) is 11.4 Å². The van der Waals surface area contributed by atoms with E-state index < -0.39 is 15.9 Å². The van der Waals surface area contributed by atoms with E-state index in [0.29, 0.717) is 20.9 Å². The predicted octanol–water partition coefficient (Wildman–Crippen LogP) is 5.39. The molecule has 2 aliphatic rings. The molecule has 5 rings (SSSR count). The first-order chi connectivity index (χ1) is 17.6. The summed E-state index contributed by atoms with van der Waals surface area (Å²) in [5, 5.41) is 11.7. The number of halogens is 1. The van der Waals surface area contributed by atoms with Gasteiger partial charge in [0, 0.05) is 42.5 Å². The molecule has 0 radical (unpaired) electrons. The van der Waals surface area contributed by atoms with Gasteiger partial charge in [-0.05, 0) is 54.7 Å². The van der Waals surface area contributed by atoms with E-state index in [1.165, 1.54) is 46.3 Å². The third-order valence-electron chi connectivity index (χ3n) is 7.34. The summed E-state index contributed by atoms with van der Waals surface area (Å²) in [7, 11) is -2.45. The molecule has 194 valence electrons. The van der Waals surface area contributed by atoms with Gasteiger partial charge in [-0.25, -0.2) is 12.8 Å². The van der Waals surface area contributed by atoms with Gasteiger partial charge in [0.05, 0.1) is 11.3 Å². The summed E-state index contributed by atoms with van der Waals surface area (Å²) in [6.45, 7) is 6.24. The van der Waals surface area contributed by atoms with Crippen LogP contribution in [0.2, 0.25) is 0 Å². The number of thioether (sulfide) groups is 1. The molecule has 2 atom stereocenters. The second-order valence-electron chi connectivity index (χ2n) is 9.52. The maximum atomic E-state index is 14.0. The van der Waals surface area contributed by atoms with Crippen LogP contribution in [0.1, 0.15) is 48.7 Å². The van der Waals surface area contributed by atoms with Crippen LogP contribution in [0.25, 0.3) is 10.9 Å². The number of allylic oxidation sites excluding steroid dienone is 1. The summed E-state index contributed by atoms with van der Waals surface area (Å²) in [5.41, 5.74) is 2.54. The molecular formula is C27H28FN3O4S2. The Morgan fingerprint density at radius 2 is 1.95 bits per heavy atom. The highest BCUT2D eigenvalue weighted by molar-refractivity contribution is 8.19. The van der Waals surface area contributed by atoms with E-state index in [2.05, 4.69) is 11.9 Å². The highest BCUT2D eigenvalue weighted by Crippen LogP contribution is 2.49. The average molecular weight is 542 g/mol. The zero-order chi connectivity index (χ0) is 26.6. The molecule has 37 heavy (non-hydrogen) atoms. The van der Waals surface area contributed by atoms with Crippen molar-refractivity contribution in [2.24, 2.45) is 5.92 Å². The lowest BCUT2D eigenvalue weighted by molar-refractivity contribution is 0.0764. The zero-order valence-corrected chi connectivity index (χ0v) is 22.7. The maximum Gasteiger partial charge on any atom is 0.270 e. The number of hydrogen-bond donors (Lipinski definition) is 1. The lowest BCUT2D eigenvalue weighted by Crippen LogP contribution is -2.28. The van der Waals surface area contributed by atoms with Gasteiger partial charge in [-0.15, -0.1) is 11.8 Å². The van der Waals surface area contributed by atoms with Crippen LogP contribution >= 0.6 is 11.8 Å². The number of pyridine rings is 1. The number of hydrogen-bond acceptors (Lipinski definition) is 6. The third kappa shape index (κ3) is 4.06. The quantitative estimate of drug-likeness (QED) is 0.450. The summed E-state index contributed by atoms with van der Waals surface area (Å²) in [5.74, 6) is -0.906. The van der Waals surface area contributed by atoms with Crippen LogP contribution < -0.4 is 4.31 Å². The van der Waals surface area contributed by atoms with E-state index in [0.717, 1.165) is 17.6 Å². The van der Waals surface area contributed by atoms with Gasteiger partial charge < -0.3 is 10.0 Å². The number of anilines is 1. The minimum Gasteiger partial charge on any atom is -0.505 e. The molecule has 0 fully saturated rings. The zero-order valence-electron chi connectivity index (χ0n) is 21.0. The molecule has 2 aromatic carbocycles. The minimum absolute atomic E-state index is 0.0509. The standard InChI is InChI=1S/C27H28FN3O4S2/c1-5-19-15(2)27(36-16(19)3)37(34,35)30(4)24-20-7-6-12-29-23(20)25(32)22-21(24)14-31(26(22)33)13-17-8-10-18(28)11-9-17/h6-12,16,19,32H,5,13-14H2,1-4H3. The van der Waals surface area contributed by atoms with Gasteiger partial charge in [0.1, 0.15) is 15.6 Å². The minimum atomic E-state index is -3.95. The van der Waals surface area contributed by atoms with Gasteiger partial charge in [-0.1, -0.05) is 26.0 Å². The summed E-state index contributed by atoms with van der Waals surface area (Å²) in [6, 6.07) is 9.22. The van der Waals surface area contributed by atoms with E-state index in [4.69, 9.17) is 0 Å². The summed E-state index contributed by atoms with van der Waals surface area (Å²) in [6.07, 6.45) is 2.34. The number of amides is 1. The summed E-state index contributed by atoms with van der Waals surface area (Å²) < 4.78 is 43.0.